The lowest BCUT2D eigenvalue weighted by Crippen LogP contribution is -2.39. The Labute approximate surface area is 166 Å². The molecule has 0 bridgehead atoms. The molecule has 0 atom stereocenters. The van der Waals surface area contributed by atoms with E-state index < -0.39 is 0 Å². The van der Waals surface area contributed by atoms with E-state index >= 15 is 0 Å². The standard InChI is InChI=1S/C21H18ClN3O3/c1-28-18-5-3-2-4-14(18)6-9-20(26)24-11-10-17-16(13-24)21(27)25-12-15(22)7-8-19(25)23-17/h2-9,12H,10-11,13H2,1H3/b9-6+. The van der Waals surface area contributed by atoms with Crippen LogP contribution < -0.4 is 10.3 Å². The third kappa shape index (κ3) is 3.39. The highest BCUT2D eigenvalue weighted by Gasteiger charge is 2.24. The molecule has 142 valence electrons. The Morgan fingerprint density at radius 2 is 2.07 bits per heavy atom. The van der Waals surface area contributed by atoms with E-state index in [4.69, 9.17) is 16.3 Å². The summed E-state index contributed by atoms with van der Waals surface area (Å²) in [6, 6.07) is 10.9. The molecule has 1 amide bonds. The Morgan fingerprint density at radius 3 is 2.89 bits per heavy atom. The number of para-hydroxylation sites is 1. The predicted molar refractivity (Wildman–Crippen MR) is 108 cm³/mol. The first-order valence-electron chi connectivity index (χ1n) is 8.86. The van der Waals surface area contributed by atoms with Crippen LogP contribution in [-0.2, 0) is 17.8 Å². The quantitative estimate of drug-likeness (QED) is 0.639. The average Bonchev–Trinajstić information content (AvgIpc) is 2.72. The Morgan fingerprint density at radius 1 is 1.25 bits per heavy atom. The summed E-state index contributed by atoms with van der Waals surface area (Å²) in [4.78, 5) is 31.7. The van der Waals surface area contributed by atoms with Gasteiger partial charge in [-0.3, -0.25) is 14.0 Å². The molecular weight excluding hydrogens is 378 g/mol. The van der Waals surface area contributed by atoms with Crippen molar-refractivity contribution in [3.05, 3.63) is 80.9 Å². The summed E-state index contributed by atoms with van der Waals surface area (Å²) in [7, 11) is 1.59. The van der Waals surface area contributed by atoms with E-state index in [9.17, 15) is 9.59 Å². The molecule has 1 aromatic carbocycles. The number of benzene rings is 1. The molecule has 0 saturated heterocycles. The molecule has 0 aliphatic carbocycles. The zero-order valence-electron chi connectivity index (χ0n) is 15.3. The van der Waals surface area contributed by atoms with Crippen molar-refractivity contribution in [1.29, 1.82) is 0 Å². The van der Waals surface area contributed by atoms with Crippen LogP contribution in [0.5, 0.6) is 5.75 Å². The molecule has 6 nitrogen and oxygen atoms in total. The summed E-state index contributed by atoms with van der Waals surface area (Å²) in [6.07, 6.45) is 5.32. The van der Waals surface area contributed by atoms with Gasteiger partial charge in [-0.15, -0.1) is 0 Å². The van der Waals surface area contributed by atoms with Crippen LogP contribution in [-0.4, -0.2) is 33.8 Å². The lowest BCUT2D eigenvalue weighted by molar-refractivity contribution is -0.126. The van der Waals surface area contributed by atoms with Crippen molar-refractivity contribution >= 4 is 29.2 Å². The summed E-state index contributed by atoms with van der Waals surface area (Å²) >= 11 is 6.01. The van der Waals surface area contributed by atoms with E-state index in [-0.39, 0.29) is 18.0 Å². The molecule has 7 heteroatoms. The zero-order chi connectivity index (χ0) is 19.7. The van der Waals surface area contributed by atoms with Gasteiger partial charge in [-0.05, 0) is 24.3 Å². The predicted octanol–water partition coefficient (Wildman–Crippen LogP) is 2.95. The molecule has 1 aliphatic rings. The molecule has 0 unspecified atom stereocenters. The third-order valence-electron chi connectivity index (χ3n) is 4.79. The first-order valence-corrected chi connectivity index (χ1v) is 9.24. The Kier molecular flexibility index (Phi) is 4.88. The van der Waals surface area contributed by atoms with Gasteiger partial charge in [-0.2, -0.15) is 0 Å². The van der Waals surface area contributed by atoms with Crippen LogP contribution in [0.1, 0.15) is 16.8 Å². The van der Waals surface area contributed by atoms with E-state index in [1.54, 1.807) is 36.4 Å². The van der Waals surface area contributed by atoms with Crippen LogP contribution in [0.25, 0.3) is 11.7 Å². The highest BCUT2D eigenvalue weighted by atomic mass is 35.5. The number of pyridine rings is 1. The number of carbonyl (C=O) groups excluding carboxylic acids is 1. The molecule has 1 aliphatic heterocycles. The summed E-state index contributed by atoms with van der Waals surface area (Å²) in [5.41, 5.74) is 2.46. The lowest BCUT2D eigenvalue weighted by atomic mass is 10.1. The summed E-state index contributed by atoms with van der Waals surface area (Å²) < 4.78 is 6.73. The van der Waals surface area contributed by atoms with Gasteiger partial charge in [0.15, 0.2) is 0 Å². The molecule has 0 fully saturated rings. The van der Waals surface area contributed by atoms with Gasteiger partial charge in [0.1, 0.15) is 11.4 Å². The Bertz CT molecular complexity index is 1150. The number of nitrogens with zero attached hydrogens (tertiary/aromatic N) is 3. The molecular formula is C21H18ClN3O3. The van der Waals surface area contributed by atoms with Gasteiger partial charge in [0, 0.05) is 30.8 Å². The molecule has 0 radical (unpaired) electrons. The number of amides is 1. The SMILES string of the molecule is COc1ccccc1/C=C/C(=O)N1CCc2nc3ccc(Cl)cn3c(=O)c2C1. The Balaban J connectivity index is 1.60. The van der Waals surface area contributed by atoms with Crippen molar-refractivity contribution in [2.75, 3.05) is 13.7 Å². The number of hydrogen-bond donors (Lipinski definition) is 0. The summed E-state index contributed by atoms with van der Waals surface area (Å²) in [6.45, 7) is 0.740. The van der Waals surface area contributed by atoms with Crippen LogP contribution in [0.15, 0.2) is 53.5 Å². The third-order valence-corrected chi connectivity index (χ3v) is 5.01. The van der Waals surface area contributed by atoms with Crippen molar-refractivity contribution in [2.24, 2.45) is 0 Å². The second-order valence-electron chi connectivity index (χ2n) is 6.50. The maximum Gasteiger partial charge on any atom is 0.263 e. The van der Waals surface area contributed by atoms with Crippen molar-refractivity contribution < 1.29 is 9.53 Å². The van der Waals surface area contributed by atoms with Gasteiger partial charge < -0.3 is 9.64 Å². The van der Waals surface area contributed by atoms with E-state index in [1.807, 2.05) is 24.3 Å². The molecule has 3 aromatic rings. The maximum absolute atomic E-state index is 12.8. The second-order valence-corrected chi connectivity index (χ2v) is 6.94. The van der Waals surface area contributed by atoms with Gasteiger partial charge in [0.2, 0.25) is 5.91 Å². The zero-order valence-corrected chi connectivity index (χ0v) is 16.0. The number of aromatic nitrogens is 2. The van der Waals surface area contributed by atoms with Gasteiger partial charge in [0.05, 0.1) is 29.9 Å². The highest BCUT2D eigenvalue weighted by Crippen LogP contribution is 2.20. The fourth-order valence-corrected chi connectivity index (χ4v) is 3.49. The molecule has 0 spiro atoms. The molecule has 2 aromatic heterocycles. The fraction of sp³-hybridized carbons (Fsp3) is 0.190. The van der Waals surface area contributed by atoms with Gasteiger partial charge in [-0.25, -0.2) is 4.98 Å². The van der Waals surface area contributed by atoms with E-state index in [0.717, 1.165) is 11.3 Å². The number of methoxy groups -OCH3 is 1. The first-order chi connectivity index (χ1) is 13.6. The van der Waals surface area contributed by atoms with Crippen LogP contribution in [0.3, 0.4) is 0 Å². The summed E-state index contributed by atoms with van der Waals surface area (Å²) in [5.74, 6) is 0.536. The second kappa shape index (κ2) is 7.48. The minimum absolute atomic E-state index is 0.160. The minimum atomic E-state index is -0.186. The molecule has 0 N–H and O–H groups in total. The maximum atomic E-state index is 12.8. The van der Waals surface area contributed by atoms with Crippen LogP contribution in [0, 0.1) is 0 Å². The summed E-state index contributed by atoms with van der Waals surface area (Å²) in [5, 5.41) is 0.458. The minimum Gasteiger partial charge on any atom is -0.496 e. The van der Waals surface area contributed by atoms with Crippen molar-refractivity contribution in [2.45, 2.75) is 13.0 Å². The number of ether oxygens (including phenoxy) is 1. The smallest absolute Gasteiger partial charge is 0.263 e. The number of carbonyl (C=O) groups is 1. The van der Waals surface area contributed by atoms with Crippen molar-refractivity contribution in [3.8, 4) is 5.75 Å². The number of hydrogen-bond acceptors (Lipinski definition) is 4. The van der Waals surface area contributed by atoms with Crippen LogP contribution in [0.4, 0.5) is 0 Å². The first kappa shape index (κ1) is 18.3. The van der Waals surface area contributed by atoms with E-state index in [1.165, 1.54) is 10.5 Å². The normalized spacial score (nSPS) is 13.7. The molecule has 28 heavy (non-hydrogen) atoms. The van der Waals surface area contributed by atoms with Gasteiger partial charge in [0.25, 0.3) is 5.56 Å². The topological polar surface area (TPSA) is 63.9 Å². The monoisotopic (exact) mass is 395 g/mol. The average molecular weight is 396 g/mol. The lowest BCUT2D eigenvalue weighted by Gasteiger charge is -2.27. The van der Waals surface area contributed by atoms with Crippen molar-refractivity contribution in [1.82, 2.24) is 14.3 Å². The highest BCUT2D eigenvalue weighted by molar-refractivity contribution is 6.30. The van der Waals surface area contributed by atoms with Crippen LogP contribution >= 0.6 is 11.6 Å². The van der Waals surface area contributed by atoms with Gasteiger partial charge in [-0.1, -0.05) is 29.8 Å². The van der Waals surface area contributed by atoms with Crippen LogP contribution in [0.2, 0.25) is 5.02 Å². The molecule has 3 heterocycles. The molecule has 4 rings (SSSR count). The van der Waals surface area contributed by atoms with Gasteiger partial charge >= 0.3 is 0 Å². The van der Waals surface area contributed by atoms with Crippen molar-refractivity contribution in [3.63, 3.8) is 0 Å². The number of halogens is 1. The number of fused-ring (bicyclic) bond motifs is 2. The Hall–Kier alpha value is -3.12. The fourth-order valence-electron chi connectivity index (χ4n) is 3.33. The molecule has 0 saturated carbocycles. The van der Waals surface area contributed by atoms with E-state index in [0.29, 0.717) is 34.9 Å². The van der Waals surface area contributed by atoms with E-state index in [2.05, 4.69) is 4.98 Å². The number of rotatable bonds is 3. The largest absolute Gasteiger partial charge is 0.496 e.